The molecular weight excluding hydrogens is 267 g/mol. The van der Waals surface area contributed by atoms with Gasteiger partial charge in [-0.1, -0.05) is 13.0 Å². The van der Waals surface area contributed by atoms with Gasteiger partial charge >= 0.3 is 69.5 Å². The molecule has 0 aliphatic carbocycles. The van der Waals surface area contributed by atoms with Crippen molar-refractivity contribution >= 4 is 31.4 Å². The summed E-state index contributed by atoms with van der Waals surface area (Å²) in [6.07, 6.45) is 5.84. The van der Waals surface area contributed by atoms with E-state index in [0.29, 0.717) is 0 Å². The van der Waals surface area contributed by atoms with E-state index in [2.05, 4.69) is 20.8 Å². The Labute approximate surface area is 92.5 Å². The SMILES string of the molecule is CCC[CH2][Sn][CH2]CCC.CC[SiH3]. The zero-order valence-electron chi connectivity index (χ0n) is 9.45. The van der Waals surface area contributed by atoms with Crippen molar-refractivity contribution in [2.45, 2.75) is 61.4 Å². The summed E-state index contributed by atoms with van der Waals surface area (Å²) in [6.45, 7) is 6.77. The Morgan fingerprint density at radius 2 is 1.25 bits per heavy atom. The summed E-state index contributed by atoms with van der Waals surface area (Å²) in [4.78, 5) is 0. The van der Waals surface area contributed by atoms with Gasteiger partial charge in [-0.3, -0.25) is 0 Å². The van der Waals surface area contributed by atoms with Crippen LogP contribution in [0.4, 0.5) is 0 Å². The van der Waals surface area contributed by atoms with Crippen molar-refractivity contribution in [1.82, 2.24) is 0 Å². The molecule has 0 saturated heterocycles. The maximum atomic E-state index is 2.29. The molecule has 0 aromatic carbocycles. The number of rotatable bonds is 6. The van der Waals surface area contributed by atoms with E-state index in [9.17, 15) is 0 Å². The van der Waals surface area contributed by atoms with E-state index in [1.165, 1.54) is 42.0 Å². The van der Waals surface area contributed by atoms with Gasteiger partial charge in [0.1, 0.15) is 0 Å². The fourth-order valence-corrected chi connectivity index (χ4v) is 4.89. The van der Waals surface area contributed by atoms with Crippen molar-refractivity contribution in [2.24, 2.45) is 0 Å². The first-order valence-electron chi connectivity index (χ1n) is 5.54. The summed E-state index contributed by atoms with van der Waals surface area (Å²) in [6, 6.07) is 1.39. The van der Waals surface area contributed by atoms with Gasteiger partial charge in [-0.05, 0) is 0 Å². The Bertz CT molecular complexity index is 51.8. The first kappa shape index (κ1) is 15.5. The van der Waals surface area contributed by atoms with Gasteiger partial charge in [0, 0.05) is 10.2 Å². The molecule has 2 radical (unpaired) electrons. The molecule has 0 rings (SSSR count). The van der Waals surface area contributed by atoms with Crippen LogP contribution in [0.15, 0.2) is 0 Å². The third-order valence-corrected chi connectivity index (χ3v) is 5.45. The third kappa shape index (κ3) is 22.5. The topological polar surface area (TPSA) is 0 Å². The molecule has 0 fully saturated rings. The second-order valence-corrected chi connectivity index (χ2v) is 8.86. The van der Waals surface area contributed by atoms with E-state index in [4.69, 9.17) is 0 Å². The second-order valence-electron chi connectivity index (χ2n) is 3.16. The fourth-order valence-electron chi connectivity index (χ4n) is 0.729. The van der Waals surface area contributed by atoms with Gasteiger partial charge in [0.05, 0.1) is 0 Å². The molecule has 2 heteroatoms. The molecule has 0 heterocycles. The minimum atomic E-state index is 0.149. The summed E-state index contributed by atoms with van der Waals surface area (Å²) in [5.74, 6) is 0. The molecule has 74 valence electrons. The molecule has 0 aliphatic heterocycles. The van der Waals surface area contributed by atoms with Crippen LogP contribution in [-0.4, -0.2) is 31.4 Å². The summed E-state index contributed by atoms with van der Waals surface area (Å²) in [5.41, 5.74) is 0. The van der Waals surface area contributed by atoms with Crippen LogP contribution in [0.3, 0.4) is 0 Å². The van der Waals surface area contributed by atoms with E-state index in [1.54, 1.807) is 8.87 Å². The van der Waals surface area contributed by atoms with Crippen molar-refractivity contribution in [1.29, 1.82) is 0 Å². The third-order valence-electron chi connectivity index (χ3n) is 1.41. The minimum Gasteiger partial charge on any atom is -0.0686 e. The standard InChI is InChI=1S/2C4H9.C2H8Si.Sn/c2*1-3-4-2;1-2-3;/h2*1,3-4H2,2H3;2H2,1,3H3;. The first-order chi connectivity index (χ1) is 5.83. The smallest absolute Gasteiger partial charge is 0.00244 e. The number of hydrogen-bond acceptors (Lipinski definition) is 0. The van der Waals surface area contributed by atoms with E-state index in [1.807, 2.05) is 0 Å². The molecule has 0 N–H and O–H groups in total. The normalized spacial score (nSPS) is 9.25. The predicted octanol–water partition coefficient (Wildman–Crippen LogP) is 2.92. The molecular formula is C10H26SiSn. The molecule has 0 aliphatic rings. The Morgan fingerprint density at radius 1 is 0.917 bits per heavy atom. The summed E-state index contributed by atoms with van der Waals surface area (Å²) in [5, 5.41) is 0. The van der Waals surface area contributed by atoms with Crippen LogP contribution in [0.1, 0.15) is 46.5 Å². The average molecular weight is 293 g/mol. The van der Waals surface area contributed by atoms with Gasteiger partial charge in [-0.2, -0.15) is 0 Å². The predicted molar refractivity (Wildman–Crippen MR) is 65.6 cm³/mol. The van der Waals surface area contributed by atoms with Crippen LogP contribution >= 0.6 is 0 Å². The molecule has 0 nitrogen and oxygen atoms in total. The van der Waals surface area contributed by atoms with Crippen molar-refractivity contribution in [2.75, 3.05) is 0 Å². The van der Waals surface area contributed by atoms with Crippen LogP contribution in [0.5, 0.6) is 0 Å². The molecule has 0 amide bonds. The fraction of sp³-hybridized carbons (Fsp3) is 1.00. The van der Waals surface area contributed by atoms with Gasteiger partial charge in [-0.15, -0.1) is 0 Å². The maximum Gasteiger partial charge on any atom is 0.00244 e. The van der Waals surface area contributed by atoms with Crippen molar-refractivity contribution in [3.05, 3.63) is 0 Å². The van der Waals surface area contributed by atoms with Crippen LogP contribution in [-0.2, 0) is 0 Å². The summed E-state index contributed by atoms with van der Waals surface area (Å²) >= 11 is 0.149. The van der Waals surface area contributed by atoms with E-state index < -0.39 is 0 Å². The van der Waals surface area contributed by atoms with Crippen LogP contribution in [0.25, 0.3) is 0 Å². The number of unbranched alkanes of at least 4 members (excludes halogenated alkanes) is 2. The molecule has 0 bridgehead atoms. The summed E-state index contributed by atoms with van der Waals surface area (Å²) in [7, 11) is 1.37. The van der Waals surface area contributed by atoms with Crippen LogP contribution in [0.2, 0.25) is 14.9 Å². The Hall–Kier alpha value is 1.02. The monoisotopic (exact) mass is 294 g/mol. The van der Waals surface area contributed by atoms with Crippen molar-refractivity contribution in [3.8, 4) is 0 Å². The van der Waals surface area contributed by atoms with Gasteiger partial charge in [0.2, 0.25) is 0 Å². The molecule has 0 atom stereocenters. The van der Waals surface area contributed by atoms with E-state index in [-0.39, 0.29) is 21.1 Å². The van der Waals surface area contributed by atoms with E-state index in [0.717, 1.165) is 0 Å². The second kappa shape index (κ2) is 17.9. The molecule has 12 heavy (non-hydrogen) atoms. The van der Waals surface area contributed by atoms with E-state index >= 15 is 0 Å². The Morgan fingerprint density at radius 3 is 1.50 bits per heavy atom. The molecule has 0 saturated carbocycles. The Balaban J connectivity index is 0. The first-order valence-corrected chi connectivity index (χ1v) is 11.0. The molecule has 0 spiro atoms. The van der Waals surface area contributed by atoms with Gasteiger partial charge in [-0.25, -0.2) is 0 Å². The molecule has 0 aromatic heterocycles. The molecule has 0 aromatic rings. The maximum absolute atomic E-state index is 2.29. The van der Waals surface area contributed by atoms with Crippen molar-refractivity contribution < 1.29 is 0 Å². The van der Waals surface area contributed by atoms with Crippen LogP contribution in [0, 0.1) is 0 Å². The summed E-state index contributed by atoms with van der Waals surface area (Å²) < 4.78 is 3.25. The van der Waals surface area contributed by atoms with Gasteiger partial charge in [0.25, 0.3) is 0 Å². The average Bonchev–Trinajstić information content (AvgIpc) is 2.06. The zero-order valence-corrected chi connectivity index (χ0v) is 14.3. The van der Waals surface area contributed by atoms with Gasteiger partial charge in [0.15, 0.2) is 0 Å². The largest absolute Gasteiger partial charge is 0.0686 e. The Kier molecular flexibility index (Phi) is 23.1. The molecule has 0 unspecified atom stereocenters. The van der Waals surface area contributed by atoms with Crippen molar-refractivity contribution in [3.63, 3.8) is 0 Å². The van der Waals surface area contributed by atoms with Gasteiger partial charge < -0.3 is 0 Å². The minimum absolute atomic E-state index is 0.149. The van der Waals surface area contributed by atoms with Crippen LogP contribution < -0.4 is 0 Å². The number of hydrogen-bond donors (Lipinski definition) is 0. The zero-order chi connectivity index (χ0) is 9.66. The quantitative estimate of drug-likeness (QED) is 0.522.